The fraction of sp³-hybridized carbons (Fsp3) is 0.833. The van der Waals surface area contributed by atoms with Crippen LogP contribution < -0.4 is 16.0 Å². The predicted molar refractivity (Wildman–Crippen MR) is 77.7 cm³/mol. The smallest absolute Gasteiger partial charge is 0.407 e. The molecule has 5 nitrogen and oxygen atoms in total. The molecule has 0 fully saturated rings. The van der Waals surface area contributed by atoms with Gasteiger partial charge in [-0.25, -0.2) is 4.79 Å². The van der Waals surface area contributed by atoms with Crippen LogP contribution in [0.3, 0.4) is 0 Å². The number of nitrogens with one attached hydrogen (secondary N) is 3. The largest absolute Gasteiger partial charge is 0.444 e. The van der Waals surface area contributed by atoms with Gasteiger partial charge in [-0.1, -0.05) is 0 Å². The van der Waals surface area contributed by atoms with E-state index in [4.69, 9.17) is 17.0 Å². The van der Waals surface area contributed by atoms with E-state index in [0.29, 0.717) is 18.2 Å². The van der Waals surface area contributed by atoms with Crippen molar-refractivity contribution in [2.24, 2.45) is 0 Å². The summed E-state index contributed by atoms with van der Waals surface area (Å²) in [6, 6.07) is 0. The van der Waals surface area contributed by atoms with Crippen LogP contribution in [-0.2, 0) is 4.74 Å². The summed E-state index contributed by atoms with van der Waals surface area (Å²) in [5, 5.41) is 9.35. The Morgan fingerprint density at radius 1 is 1.06 bits per heavy atom. The van der Waals surface area contributed by atoms with Crippen LogP contribution >= 0.6 is 12.2 Å². The molecule has 0 aliphatic carbocycles. The van der Waals surface area contributed by atoms with Crippen molar-refractivity contribution in [1.29, 1.82) is 0 Å². The number of rotatable bonds is 3. The van der Waals surface area contributed by atoms with Gasteiger partial charge in [-0.05, 0) is 53.8 Å². The van der Waals surface area contributed by atoms with Gasteiger partial charge >= 0.3 is 6.09 Å². The molecule has 0 saturated heterocycles. The fourth-order valence-electron chi connectivity index (χ4n) is 1.04. The molecule has 0 radical (unpaired) electrons. The van der Waals surface area contributed by atoms with Gasteiger partial charge in [0.15, 0.2) is 5.11 Å². The van der Waals surface area contributed by atoms with Crippen molar-refractivity contribution >= 4 is 23.4 Å². The van der Waals surface area contributed by atoms with Crippen LogP contribution in [-0.4, -0.2) is 35.4 Å². The van der Waals surface area contributed by atoms with Gasteiger partial charge in [-0.15, -0.1) is 0 Å². The normalized spacial score (nSPS) is 11.7. The van der Waals surface area contributed by atoms with E-state index in [1.165, 1.54) is 0 Å². The standard InChI is InChI=1S/C12H25N3O2S/c1-11(2,3)15-9(18)13-7-8-14-10(16)17-12(4,5)6/h7-8H2,1-6H3,(H,14,16)(H2,13,15,18). The lowest BCUT2D eigenvalue weighted by atomic mass is 10.1. The Bertz CT molecular complexity index is 263. The molecule has 0 aromatic heterocycles. The third kappa shape index (κ3) is 11.4. The SMILES string of the molecule is CC(C)(C)NC(=S)NCCNC(=O)OC(C)(C)C. The first-order valence-electron chi connectivity index (χ1n) is 6.02. The van der Waals surface area contributed by atoms with Crippen LogP contribution in [0, 0.1) is 0 Å². The topological polar surface area (TPSA) is 62.4 Å². The first-order chi connectivity index (χ1) is 7.99. The maximum Gasteiger partial charge on any atom is 0.407 e. The van der Waals surface area contributed by atoms with Crippen LogP contribution in [0.1, 0.15) is 41.5 Å². The van der Waals surface area contributed by atoms with Crippen molar-refractivity contribution in [3.63, 3.8) is 0 Å². The van der Waals surface area contributed by atoms with Gasteiger partial charge in [-0.3, -0.25) is 0 Å². The van der Waals surface area contributed by atoms with E-state index in [1.807, 2.05) is 41.5 Å². The second kappa shape index (κ2) is 6.78. The first kappa shape index (κ1) is 17.0. The molecule has 1 amide bonds. The quantitative estimate of drug-likeness (QED) is 0.541. The Kier molecular flexibility index (Phi) is 6.38. The van der Waals surface area contributed by atoms with Gasteiger partial charge in [-0.2, -0.15) is 0 Å². The Balaban J connectivity index is 3.69. The number of hydrogen-bond donors (Lipinski definition) is 3. The number of thiocarbonyl (C=S) groups is 1. The zero-order valence-electron chi connectivity index (χ0n) is 12.1. The second-order valence-corrected chi connectivity index (χ2v) is 6.47. The molecule has 0 spiro atoms. The van der Waals surface area contributed by atoms with Crippen molar-refractivity contribution in [3.05, 3.63) is 0 Å². The number of alkyl carbamates (subject to hydrolysis) is 1. The van der Waals surface area contributed by atoms with E-state index < -0.39 is 11.7 Å². The average molecular weight is 275 g/mol. The van der Waals surface area contributed by atoms with E-state index in [2.05, 4.69) is 16.0 Å². The highest BCUT2D eigenvalue weighted by Crippen LogP contribution is 2.05. The molecule has 106 valence electrons. The van der Waals surface area contributed by atoms with Crippen molar-refractivity contribution < 1.29 is 9.53 Å². The molecule has 0 atom stereocenters. The zero-order chi connectivity index (χ0) is 14.4. The maximum absolute atomic E-state index is 11.3. The summed E-state index contributed by atoms with van der Waals surface area (Å²) >= 11 is 5.10. The molecule has 0 aromatic rings. The Hall–Kier alpha value is -1.04. The van der Waals surface area contributed by atoms with Crippen LogP contribution in [0.4, 0.5) is 4.79 Å². The third-order valence-electron chi connectivity index (χ3n) is 1.57. The van der Waals surface area contributed by atoms with Gasteiger partial charge in [0.2, 0.25) is 0 Å². The van der Waals surface area contributed by atoms with Gasteiger partial charge < -0.3 is 20.7 Å². The molecule has 18 heavy (non-hydrogen) atoms. The number of amides is 1. The van der Waals surface area contributed by atoms with Gasteiger partial charge in [0.05, 0.1) is 0 Å². The molecular formula is C12H25N3O2S. The predicted octanol–water partition coefficient (Wildman–Crippen LogP) is 1.77. The lowest BCUT2D eigenvalue weighted by molar-refractivity contribution is 0.0529. The molecule has 0 aromatic carbocycles. The van der Waals surface area contributed by atoms with Crippen LogP contribution in [0.2, 0.25) is 0 Å². The van der Waals surface area contributed by atoms with Gasteiger partial charge in [0.25, 0.3) is 0 Å². The second-order valence-electron chi connectivity index (χ2n) is 6.06. The number of hydrogen-bond acceptors (Lipinski definition) is 3. The van der Waals surface area contributed by atoms with E-state index in [9.17, 15) is 4.79 Å². The van der Waals surface area contributed by atoms with Crippen LogP contribution in [0.15, 0.2) is 0 Å². The lowest BCUT2D eigenvalue weighted by Crippen LogP contribution is -2.48. The summed E-state index contributed by atoms with van der Waals surface area (Å²) in [5.41, 5.74) is -0.538. The summed E-state index contributed by atoms with van der Waals surface area (Å²) < 4.78 is 5.10. The molecule has 0 aliphatic heterocycles. The minimum absolute atomic E-state index is 0.0668. The number of ether oxygens (including phenoxy) is 1. The van der Waals surface area contributed by atoms with E-state index in [1.54, 1.807) is 0 Å². The molecular weight excluding hydrogens is 250 g/mol. The van der Waals surface area contributed by atoms with E-state index >= 15 is 0 Å². The average Bonchev–Trinajstić information content (AvgIpc) is 2.06. The molecule has 0 heterocycles. The molecule has 3 N–H and O–H groups in total. The van der Waals surface area contributed by atoms with Crippen LogP contribution in [0.5, 0.6) is 0 Å². The van der Waals surface area contributed by atoms with Gasteiger partial charge in [0, 0.05) is 18.6 Å². The lowest BCUT2D eigenvalue weighted by Gasteiger charge is -2.23. The number of carbonyl (C=O) groups is 1. The maximum atomic E-state index is 11.3. The molecule has 0 unspecified atom stereocenters. The summed E-state index contributed by atoms with van der Waals surface area (Å²) in [6.07, 6.45) is -0.418. The molecule has 0 bridgehead atoms. The zero-order valence-corrected chi connectivity index (χ0v) is 13.0. The monoisotopic (exact) mass is 275 g/mol. The van der Waals surface area contributed by atoms with E-state index in [-0.39, 0.29) is 5.54 Å². The fourth-order valence-corrected chi connectivity index (χ4v) is 1.45. The Labute approximate surface area is 115 Å². The molecule has 6 heteroatoms. The van der Waals surface area contributed by atoms with Crippen LogP contribution in [0.25, 0.3) is 0 Å². The minimum atomic E-state index is -0.472. The highest BCUT2D eigenvalue weighted by molar-refractivity contribution is 7.80. The molecule has 0 rings (SSSR count). The van der Waals surface area contributed by atoms with Crippen molar-refractivity contribution in [3.8, 4) is 0 Å². The van der Waals surface area contributed by atoms with E-state index in [0.717, 1.165) is 0 Å². The highest BCUT2D eigenvalue weighted by atomic mass is 32.1. The summed E-state index contributed by atoms with van der Waals surface area (Å²) in [5.74, 6) is 0. The third-order valence-corrected chi connectivity index (χ3v) is 1.81. The summed E-state index contributed by atoms with van der Waals surface area (Å²) in [6.45, 7) is 12.6. The van der Waals surface area contributed by atoms with Crippen molar-refractivity contribution in [1.82, 2.24) is 16.0 Å². The molecule has 0 saturated carbocycles. The first-order valence-corrected chi connectivity index (χ1v) is 6.43. The van der Waals surface area contributed by atoms with Gasteiger partial charge in [0.1, 0.15) is 5.60 Å². The molecule has 0 aliphatic rings. The highest BCUT2D eigenvalue weighted by Gasteiger charge is 2.15. The summed E-state index contributed by atoms with van der Waals surface area (Å²) in [4.78, 5) is 11.3. The van der Waals surface area contributed by atoms with Crippen molar-refractivity contribution in [2.75, 3.05) is 13.1 Å². The Morgan fingerprint density at radius 3 is 2.00 bits per heavy atom. The number of carbonyl (C=O) groups excluding carboxylic acids is 1. The minimum Gasteiger partial charge on any atom is -0.444 e. The summed E-state index contributed by atoms with van der Waals surface area (Å²) in [7, 11) is 0. The Morgan fingerprint density at radius 2 is 1.56 bits per heavy atom. The van der Waals surface area contributed by atoms with Crippen molar-refractivity contribution in [2.45, 2.75) is 52.7 Å².